The third-order valence-electron chi connectivity index (χ3n) is 10.0. The number of phenolic OH excluding ortho intramolecular Hbond substituents is 2. The number of Topliss-reactive ketones (excluding diaryl/α,β-unsaturated/α-hetero) is 3. The average molecular weight is 603 g/mol. The molecule has 0 amide bonds. The first kappa shape index (κ1) is 34.8. The zero-order valence-corrected chi connectivity index (χ0v) is 27.8. The number of carbonyl (C=O) groups excluding carboxylic acids is 3. The van der Waals surface area contributed by atoms with Gasteiger partial charge in [0.1, 0.15) is 5.76 Å². The third-order valence-corrected chi connectivity index (χ3v) is 10.0. The number of aliphatic hydroxyl groups excluding tert-OH is 1. The second-order valence-corrected chi connectivity index (χ2v) is 14.2. The van der Waals surface area contributed by atoms with Crippen molar-refractivity contribution < 1.29 is 29.7 Å². The second-order valence-electron chi connectivity index (χ2n) is 14.2. The molecule has 1 aromatic rings. The molecule has 4 atom stereocenters. The molecule has 0 saturated heterocycles. The van der Waals surface area contributed by atoms with E-state index in [9.17, 15) is 24.9 Å². The molecule has 44 heavy (non-hydrogen) atoms. The highest BCUT2D eigenvalue weighted by atomic mass is 16.3. The van der Waals surface area contributed by atoms with Gasteiger partial charge in [0.2, 0.25) is 0 Å². The van der Waals surface area contributed by atoms with E-state index in [1.165, 1.54) is 12.1 Å². The van der Waals surface area contributed by atoms with Crippen LogP contribution in [0.15, 0.2) is 77.1 Å². The summed E-state index contributed by atoms with van der Waals surface area (Å²) in [5.74, 6) is -3.48. The fourth-order valence-electron chi connectivity index (χ4n) is 7.18. The van der Waals surface area contributed by atoms with E-state index in [-0.39, 0.29) is 48.0 Å². The van der Waals surface area contributed by atoms with E-state index in [0.717, 1.165) is 41.2 Å². The maximum absolute atomic E-state index is 15.1. The normalized spacial score (nSPS) is 24.9. The zero-order valence-electron chi connectivity index (χ0n) is 27.8. The predicted octanol–water partition coefficient (Wildman–Crippen LogP) is 8.91. The first-order valence-electron chi connectivity index (χ1n) is 15.5. The molecular weight excluding hydrogens is 552 g/mol. The first-order valence-corrected chi connectivity index (χ1v) is 15.5. The summed E-state index contributed by atoms with van der Waals surface area (Å²) in [5, 5.41) is 32.4. The fourth-order valence-corrected chi connectivity index (χ4v) is 7.18. The van der Waals surface area contributed by atoms with Crippen LogP contribution in [0.25, 0.3) is 0 Å². The van der Waals surface area contributed by atoms with Crippen LogP contribution in [0.3, 0.4) is 0 Å². The highest BCUT2D eigenvalue weighted by molar-refractivity contribution is 6.36. The number of hydrogen-bond acceptors (Lipinski definition) is 6. The number of hydrogen-bond donors (Lipinski definition) is 3. The van der Waals surface area contributed by atoms with Crippen LogP contribution in [0, 0.1) is 28.1 Å². The minimum atomic E-state index is -2.17. The van der Waals surface area contributed by atoms with Crippen LogP contribution in [-0.2, 0) is 9.59 Å². The lowest BCUT2D eigenvalue weighted by Gasteiger charge is -2.60. The number of allylic oxidation sites excluding steroid dienone is 8. The minimum absolute atomic E-state index is 0.0432. The maximum Gasteiger partial charge on any atom is 0.184 e. The van der Waals surface area contributed by atoms with Gasteiger partial charge in [0.15, 0.2) is 34.3 Å². The minimum Gasteiger partial charge on any atom is -0.511 e. The van der Waals surface area contributed by atoms with Crippen LogP contribution in [0.5, 0.6) is 11.5 Å². The summed E-state index contributed by atoms with van der Waals surface area (Å²) in [5.41, 5.74) is -0.895. The molecule has 0 aromatic heterocycles. The van der Waals surface area contributed by atoms with Crippen molar-refractivity contribution in [3.05, 3.63) is 82.7 Å². The number of aliphatic hydroxyl groups is 1. The standard InChI is InChI=1S/C38H50O6/c1-22(2)11-13-26(25(7)8)19-28-21-37(18-17-24(5)6)33(42)29(15-12-23(3)4)34(43)38(35(37)44,36(28,9)10)32(41)27-14-16-30(39)31(40)20-27/h12,14,16-17,20,26,28,39-40,42H,1,7,11,13,15,18-19,21H2,2-6,8-10H3. The summed E-state index contributed by atoms with van der Waals surface area (Å²) in [7, 11) is 0. The van der Waals surface area contributed by atoms with Gasteiger partial charge < -0.3 is 15.3 Å². The Morgan fingerprint density at radius 3 is 2.11 bits per heavy atom. The lowest BCUT2D eigenvalue weighted by molar-refractivity contribution is -0.165. The van der Waals surface area contributed by atoms with Gasteiger partial charge in [-0.25, -0.2) is 0 Å². The summed E-state index contributed by atoms with van der Waals surface area (Å²) < 4.78 is 0. The van der Waals surface area contributed by atoms with Crippen LogP contribution in [0.4, 0.5) is 0 Å². The molecule has 4 unspecified atom stereocenters. The Labute approximate surface area is 263 Å². The van der Waals surface area contributed by atoms with Crippen LogP contribution in [0.2, 0.25) is 0 Å². The van der Waals surface area contributed by atoms with Gasteiger partial charge in [-0.05, 0) is 116 Å². The second kappa shape index (κ2) is 12.7. The van der Waals surface area contributed by atoms with E-state index in [1.807, 2.05) is 67.5 Å². The number of ketones is 3. The summed E-state index contributed by atoms with van der Waals surface area (Å²) in [6, 6.07) is 3.64. The van der Waals surface area contributed by atoms with Gasteiger partial charge in [-0.3, -0.25) is 14.4 Å². The SMILES string of the molecule is C=C(C)CCC(CC1CC2(CC=C(C)C)C(=O)C(C(=O)c3ccc(O)c(O)c3)(C(=O)C(CC=C(C)C)=C2O)C1(C)C)C(=C)C. The molecular formula is C38H50O6. The van der Waals surface area contributed by atoms with Crippen molar-refractivity contribution in [2.24, 2.45) is 28.1 Å². The molecule has 0 radical (unpaired) electrons. The lowest BCUT2D eigenvalue weighted by atomic mass is 9.39. The van der Waals surface area contributed by atoms with Crippen molar-refractivity contribution in [2.75, 3.05) is 0 Å². The predicted molar refractivity (Wildman–Crippen MR) is 176 cm³/mol. The van der Waals surface area contributed by atoms with Crippen LogP contribution in [0.1, 0.15) is 104 Å². The van der Waals surface area contributed by atoms with Crippen molar-refractivity contribution in [3.8, 4) is 11.5 Å². The van der Waals surface area contributed by atoms with E-state index in [4.69, 9.17) is 0 Å². The molecule has 3 N–H and O–H groups in total. The Kier molecular flexibility index (Phi) is 10.1. The van der Waals surface area contributed by atoms with Gasteiger partial charge in [0, 0.05) is 11.1 Å². The van der Waals surface area contributed by atoms with Gasteiger partial charge in [-0.2, -0.15) is 0 Å². The monoisotopic (exact) mass is 602 g/mol. The van der Waals surface area contributed by atoms with Gasteiger partial charge >= 0.3 is 0 Å². The molecule has 2 bridgehead atoms. The molecule has 238 valence electrons. The van der Waals surface area contributed by atoms with Crippen LogP contribution >= 0.6 is 0 Å². The molecule has 0 aliphatic heterocycles. The van der Waals surface area contributed by atoms with E-state index in [0.29, 0.717) is 6.42 Å². The number of fused-ring (bicyclic) bond motifs is 2. The average Bonchev–Trinajstić information content (AvgIpc) is 2.92. The number of phenols is 2. The highest BCUT2D eigenvalue weighted by Crippen LogP contribution is 2.66. The van der Waals surface area contributed by atoms with Crippen molar-refractivity contribution >= 4 is 17.3 Å². The van der Waals surface area contributed by atoms with Crippen molar-refractivity contribution in [2.45, 2.75) is 93.9 Å². The third kappa shape index (κ3) is 5.88. The van der Waals surface area contributed by atoms with E-state index >= 15 is 4.79 Å². The zero-order chi connectivity index (χ0) is 33.4. The molecule has 2 aliphatic carbocycles. The van der Waals surface area contributed by atoms with E-state index < -0.39 is 45.1 Å². The Hall–Kier alpha value is -3.67. The quantitative estimate of drug-likeness (QED) is 0.0953. The molecule has 1 fully saturated rings. The fraction of sp³-hybridized carbons (Fsp3) is 0.500. The molecule has 1 saturated carbocycles. The number of rotatable bonds is 12. The number of carbonyl (C=O) groups is 3. The van der Waals surface area contributed by atoms with E-state index in [2.05, 4.69) is 13.2 Å². The summed E-state index contributed by atoms with van der Waals surface area (Å²) >= 11 is 0. The van der Waals surface area contributed by atoms with Crippen molar-refractivity contribution in [3.63, 3.8) is 0 Å². The molecule has 1 aromatic carbocycles. The van der Waals surface area contributed by atoms with Gasteiger partial charge in [0.05, 0.1) is 5.41 Å². The summed E-state index contributed by atoms with van der Waals surface area (Å²) in [4.78, 5) is 44.9. The number of benzene rings is 1. The topological polar surface area (TPSA) is 112 Å². The van der Waals surface area contributed by atoms with Gasteiger partial charge in [-0.1, -0.05) is 54.9 Å². The maximum atomic E-state index is 15.1. The van der Waals surface area contributed by atoms with Gasteiger partial charge in [-0.15, -0.1) is 6.58 Å². The Morgan fingerprint density at radius 1 is 0.977 bits per heavy atom. The molecule has 2 aliphatic rings. The van der Waals surface area contributed by atoms with Crippen LogP contribution < -0.4 is 0 Å². The molecule has 6 nitrogen and oxygen atoms in total. The summed E-state index contributed by atoms with van der Waals surface area (Å²) in [6.07, 6.45) is 6.38. The Morgan fingerprint density at radius 2 is 1.59 bits per heavy atom. The smallest absolute Gasteiger partial charge is 0.184 e. The van der Waals surface area contributed by atoms with Gasteiger partial charge in [0.25, 0.3) is 0 Å². The van der Waals surface area contributed by atoms with Crippen molar-refractivity contribution in [1.82, 2.24) is 0 Å². The van der Waals surface area contributed by atoms with E-state index in [1.54, 1.807) is 0 Å². The first-order chi connectivity index (χ1) is 20.3. The number of aromatic hydroxyl groups is 2. The lowest BCUT2D eigenvalue weighted by Crippen LogP contribution is -2.69. The van der Waals surface area contributed by atoms with Crippen molar-refractivity contribution in [1.29, 1.82) is 0 Å². The Balaban J connectivity index is 2.43. The molecule has 6 heteroatoms. The largest absolute Gasteiger partial charge is 0.511 e. The molecule has 3 rings (SSSR count). The highest BCUT2D eigenvalue weighted by Gasteiger charge is 2.75. The molecule has 0 spiro atoms. The summed E-state index contributed by atoms with van der Waals surface area (Å²) in [6.45, 7) is 23.5. The van der Waals surface area contributed by atoms with Crippen LogP contribution in [-0.4, -0.2) is 32.7 Å². The molecule has 0 heterocycles. The Bertz CT molecular complexity index is 1480.